The van der Waals surface area contributed by atoms with E-state index in [-0.39, 0.29) is 0 Å². The minimum absolute atomic E-state index is 0.787. The third-order valence-electron chi connectivity index (χ3n) is 4.93. The highest BCUT2D eigenvalue weighted by atomic mass is 79.9. The number of benzene rings is 2. The second-order valence-corrected chi connectivity index (χ2v) is 9.09. The van der Waals surface area contributed by atoms with E-state index in [1.165, 1.54) is 21.6 Å². The van der Waals surface area contributed by atoms with E-state index < -0.39 is 0 Å². The summed E-state index contributed by atoms with van der Waals surface area (Å²) in [5.74, 6) is 0.831. The average molecular weight is 467 g/mol. The highest BCUT2D eigenvalue weighted by Crippen LogP contribution is 2.30. The number of halogens is 1. The molecule has 2 heterocycles. The van der Waals surface area contributed by atoms with Gasteiger partial charge in [0.15, 0.2) is 0 Å². The quantitative estimate of drug-likeness (QED) is 0.321. The molecule has 0 atom stereocenters. The van der Waals surface area contributed by atoms with Crippen molar-refractivity contribution in [2.24, 2.45) is 0 Å². The largest absolute Gasteiger partial charge is 0.497 e. The summed E-state index contributed by atoms with van der Waals surface area (Å²) in [7, 11) is 1.69. The lowest BCUT2D eigenvalue weighted by Gasteiger charge is -2.12. The average Bonchev–Trinajstić information content (AvgIpc) is 3.17. The van der Waals surface area contributed by atoms with Gasteiger partial charge in [0.1, 0.15) is 5.75 Å². The summed E-state index contributed by atoms with van der Waals surface area (Å²) in [5, 5.41) is 6.92. The number of methoxy groups -OCH3 is 1. The molecule has 0 spiro atoms. The minimum atomic E-state index is 0.787. The Morgan fingerprint density at radius 1 is 1.07 bits per heavy atom. The first-order valence-corrected chi connectivity index (χ1v) is 11.3. The number of nitrogens with one attached hydrogen (secondary N) is 1. The zero-order valence-corrected chi connectivity index (χ0v) is 18.9. The Balaban J connectivity index is 1.56. The number of aromatic nitrogens is 1. The van der Waals surface area contributed by atoms with Crippen LogP contribution in [0.5, 0.6) is 5.75 Å². The monoisotopic (exact) mass is 466 g/mol. The molecule has 0 saturated heterocycles. The van der Waals surface area contributed by atoms with Crippen LogP contribution in [0.4, 0.5) is 0 Å². The number of ether oxygens (including phenoxy) is 1. The Labute approximate surface area is 183 Å². The topological polar surface area (TPSA) is 34.1 Å². The molecule has 0 aliphatic carbocycles. The lowest BCUT2D eigenvalue weighted by Crippen LogP contribution is -2.17. The Kier molecular flexibility index (Phi) is 6.28. The van der Waals surface area contributed by atoms with Gasteiger partial charge in [0.2, 0.25) is 0 Å². The Hall–Kier alpha value is -2.21. The van der Waals surface area contributed by atoms with Crippen molar-refractivity contribution in [3.63, 3.8) is 0 Å². The van der Waals surface area contributed by atoms with Crippen LogP contribution in [0.25, 0.3) is 22.2 Å². The lowest BCUT2D eigenvalue weighted by molar-refractivity contribution is 0.415. The molecule has 148 valence electrons. The molecule has 0 amide bonds. The first-order chi connectivity index (χ1) is 14.1. The molecule has 0 unspecified atom stereocenters. The molecule has 4 aromatic rings. The molecule has 3 nitrogen and oxygen atoms in total. The van der Waals surface area contributed by atoms with E-state index in [4.69, 9.17) is 9.72 Å². The van der Waals surface area contributed by atoms with Gasteiger partial charge >= 0.3 is 0 Å². The fourth-order valence-electron chi connectivity index (χ4n) is 3.38. The molecule has 0 aliphatic rings. The number of fused-ring (bicyclic) bond motifs is 1. The number of nitrogens with zero attached hydrogens (tertiary/aromatic N) is 1. The van der Waals surface area contributed by atoms with Crippen LogP contribution in [0.2, 0.25) is 0 Å². The fraction of sp³-hybridized carbons (Fsp3) is 0.208. The molecule has 0 radical (unpaired) electrons. The van der Waals surface area contributed by atoms with E-state index in [1.54, 1.807) is 18.4 Å². The molecule has 29 heavy (non-hydrogen) atoms. The molecule has 0 fully saturated rings. The van der Waals surface area contributed by atoms with E-state index >= 15 is 0 Å². The Bertz CT molecular complexity index is 1120. The number of pyridine rings is 1. The maximum Gasteiger partial charge on any atom is 0.121 e. The van der Waals surface area contributed by atoms with Gasteiger partial charge in [0.25, 0.3) is 0 Å². The lowest BCUT2D eigenvalue weighted by atomic mass is 10.0. The van der Waals surface area contributed by atoms with Crippen molar-refractivity contribution in [2.45, 2.75) is 19.9 Å². The predicted octanol–water partition coefficient (Wildman–Crippen LogP) is 6.38. The highest BCUT2D eigenvalue weighted by Gasteiger charge is 2.11. The number of thiophene rings is 1. The van der Waals surface area contributed by atoms with Gasteiger partial charge in [-0.15, -0.1) is 11.3 Å². The normalized spacial score (nSPS) is 11.1. The molecule has 0 aliphatic heterocycles. The summed E-state index contributed by atoms with van der Waals surface area (Å²) in [4.78, 5) is 6.29. The number of hydrogen-bond acceptors (Lipinski definition) is 4. The van der Waals surface area contributed by atoms with Crippen molar-refractivity contribution >= 4 is 38.2 Å². The van der Waals surface area contributed by atoms with Crippen LogP contribution < -0.4 is 10.1 Å². The zero-order chi connectivity index (χ0) is 20.2. The third-order valence-corrected chi connectivity index (χ3v) is 6.32. The summed E-state index contributed by atoms with van der Waals surface area (Å²) >= 11 is 5.25. The Morgan fingerprint density at radius 2 is 1.90 bits per heavy atom. The summed E-state index contributed by atoms with van der Waals surface area (Å²) < 4.78 is 6.49. The van der Waals surface area contributed by atoms with Crippen LogP contribution in [0.1, 0.15) is 16.0 Å². The van der Waals surface area contributed by atoms with Crippen molar-refractivity contribution < 1.29 is 4.74 Å². The van der Waals surface area contributed by atoms with E-state index in [0.29, 0.717) is 0 Å². The van der Waals surface area contributed by atoms with Crippen LogP contribution >= 0.6 is 27.3 Å². The summed E-state index contributed by atoms with van der Waals surface area (Å²) in [6.07, 6.45) is 0.998. The van der Waals surface area contributed by atoms with E-state index in [9.17, 15) is 0 Å². The van der Waals surface area contributed by atoms with Crippen molar-refractivity contribution in [2.75, 3.05) is 13.7 Å². The number of aryl methyl sites for hydroxylation is 1. The van der Waals surface area contributed by atoms with Gasteiger partial charge in [-0.05, 0) is 67.4 Å². The maximum atomic E-state index is 5.38. The van der Waals surface area contributed by atoms with Crippen molar-refractivity contribution in [3.8, 4) is 17.0 Å². The van der Waals surface area contributed by atoms with Gasteiger partial charge in [-0.25, -0.2) is 4.98 Å². The van der Waals surface area contributed by atoms with Crippen molar-refractivity contribution in [1.29, 1.82) is 0 Å². The van der Waals surface area contributed by atoms with Gasteiger partial charge in [0.05, 0.1) is 18.3 Å². The van der Waals surface area contributed by atoms with Gasteiger partial charge < -0.3 is 10.1 Å². The molecule has 5 heteroatoms. The summed E-state index contributed by atoms with van der Waals surface area (Å²) in [6, 6.07) is 19.0. The van der Waals surface area contributed by atoms with Gasteiger partial charge in [-0.2, -0.15) is 0 Å². The molecular weight excluding hydrogens is 444 g/mol. The second kappa shape index (κ2) is 9.08. The summed E-state index contributed by atoms with van der Waals surface area (Å²) in [5.41, 5.74) is 5.74. The SMILES string of the molecule is COc1ccc2cc(CNCCc3ccc(Br)cc3)c(-c3csc(C)c3)nc2c1. The molecule has 1 N–H and O–H groups in total. The molecular formula is C24H23BrN2OS. The van der Waals surface area contributed by atoms with Crippen LogP contribution in [0.15, 0.2) is 64.5 Å². The fourth-order valence-corrected chi connectivity index (χ4v) is 4.33. The van der Waals surface area contributed by atoms with E-state index in [0.717, 1.165) is 46.3 Å². The molecule has 2 aromatic carbocycles. The maximum absolute atomic E-state index is 5.38. The van der Waals surface area contributed by atoms with Crippen LogP contribution in [-0.2, 0) is 13.0 Å². The van der Waals surface area contributed by atoms with Gasteiger partial charge in [-0.1, -0.05) is 28.1 Å². The van der Waals surface area contributed by atoms with Crippen molar-refractivity contribution in [3.05, 3.63) is 80.5 Å². The van der Waals surface area contributed by atoms with E-state index in [1.807, 2.05) is 12.1 Å². The van der Waals surface area contributed by atoms with E-state index in [2.05, 4.69) is 76.0 Å². The molecule has 2 aromatic heterocycles. The number of hydrogen-bond donors (Lipinski definition) is 1. The van der Waals surface area contributed by atoms with Crippen LogP contribution in [0, 0.1) is 6.92 Å². The Morgan fingerprint density at radius 3 is 2.62 bits per heavy atom. The molecule has 0 saturated carbocycles. The minimum Gasteiger partial charge on any atom is -0.497 e. The smallest absolute Gasteiger partial charge is 0.121 e. The van der Waals surface area contributed by atoms with Crippen LogP contribution in [0.3, 0.4) is 0 Å². The van der Waals surface area contributed by atoms with Gasteiger partial charge in [0, 0.05) is 38.3 Å². The molecule has 0 bridgehead atoms. The van der Waals surface area contributed by atoms with Gasteiger partial charge in [-0.3, -0.25) is 0 Å². The number of rotatable bonds is 7. The third kappa shape index (κ3) is 4.86. The standard InChI is InChI=1S/C24H23BrN2OS/c1-16-11-20(15-29-16)24-19(12-18-5-8-22(28-2)13-23(18)27-24)14-26-10-9-17-3-6-21(25)7-4-17/h3-8,11-13,15,26H,9-10,14H2,1-2H3. The predicted molar refractivity (Wildman–Crippen MR) is 126 cm³/mol. The molecule has 4 rings (SSSR count). The summed E-state index contributed by atoms with van der Waals surface area (Å²) in [6.45, 7) is 3.84. The first-order valence-electron chi connectivity index (χ1n) is 9.61. The van der Waals surface area contributed by atoms with Crippen LogP contribution in [-0.4, -0.2) is 18.6 Å². The zero-order valence-electron chi connectivity index (χ0n) is 16.5. The second-order valence-electron chi connectivity index (χ2n) is 7.05. The highest BCUT2D eigenvalue weighted by molar-refractivity contribution is 9.10. The van der Waals surface area contributed by atoms with Crippen molar-refractivity contribution in [1.82, 2.24) is 10.3 Å². The first kappa shape index (κ1) is 20.1.